The van der Waals surface area contributed by atoms with Gasteiger partial charge >= 0.3 is 0 Å². The number of pyridine rings is 1. The largest absolute Gasteiger partial charge is 0.339 e. The second kappa shape index (κ2) is 7.23. The summed E-state index contributed by atoms with van der Waals surface area (Å²) in [4.78, 5) is 18.6. The average molecular weight is 306 g/mol. The van der Waals surface area contributed by atoms with Crippen LogP contribution >= 0.6 is 0 Å². The van der Waals surface area contributed by atoms with Crippen LogP contribution in [-0.4, -0.2) is 28.9 Å². The Hall–Kier alpha value is -2.42. The van der Waals surface area contributed by atoms with Crippen LogP contribution in [0.4, 0.5) is 0 Å². The van der Waals surface area contributed by atoms with E-state index >= 15 is 0 Å². The number of aromatic nitrogens is 1. The van der Waals surface area contributed by atoms with E-state index in [4.69, 9.17) is 0 Å². The number of carbonyl (C=O) groups is 1. The van der Waals surface area contributed by atoms with E-state index in [1.807, 2.05) is 17.0 Å². The third kappa shape index (κ3) is 3.86. The molecule has 0 aliphatic carbocycles. The SMILES string of the molecule is C=C(C(=O)N1CCC(Cc2ccccc2)CC1)c1cccnc1. The molecule has 1 amide bonds. The minimum Gasteiger partial charge on any atom is -0.339 e. The van der Waals surface area contributed by atoms with Crippen molar-refractivity contribution in [3.05, 3.63) is 72.6 Å². The number of carbonyl (C=O) groups excluding carboxylic acids is 1. The van der Waals surface area contributed by atoms with Gasteiger partial charge in [-0.05, 0) is 36.8 Å². The van der Waals surface area contributed by atoms with Gasteiger partial charge < -0.3 is 4.90 Å². The lowest BCUT2D eigenvalue weighted by atomic mass is 9.90. The zero-order valence-corrected chi connectivity index (χ0v) is 13.3. The predicted molar refractivity (Wildman–Crippen MR) is 92.7 cm³/mol. The Bertz CT molecular complexity index is 659. The minimum absolute atomic E-state index is 0.0381. The van der Waals surface area contributed by atoms with Crippen molar-refractivity contribution in [3.8, 4) is 0 Å². The van der Waals surface area contributed by atoms with Crippen molar-refractivity contribution in [1.82, 2.24) is 9.88 Å². The highest BCUT2D eigenvalue weighted by molar-refractivity contribution is 6.18. The number of piperidine rings is 1. The van der Waals surface area contributed by atoms with Crippen molar-refractivity contribution in [1.29, 1.82) is 0 Å². The Balaban J connectivity index is 1.54. The van der Waals surface area contributed by atoms with Crippen LogP contribution in [0.1, 0.15) is 24.0 Å². The van der Waals surface area contributed by atoms with Crippen molar-refractivity contribution in [2.24, 2.45) is 5.92 Å². The van der Waals surface area contributed by atoms with Gasteiger partial charge in [-0.3, -0.25) is 9.78 Å². The molecule has 0 radical (unpaired) electrons. The van der Waals surface area contributed by atoms with E-state index < -0.39 is 0 Å². The third-order valence-electron chi connectivity index (χ3n) is 4.54. The van der Waals surface area contributed by atoms with Crippen LogP contribution in [0.15, 0.2) is 61.4 Å². The topological polar surface area (TPSA) is 33.2 Å². The van der Waals surface area contributed by atoms with Crippen molar-refractivity contribution in [2.75, 3.05) is 13.1 Å². The zero-order valence-electron chi connectivity index (χ0n) is 13.3. The van der Waals surface area contributed by atoms with Crippen LogP contribution < -0.4 is 0 Å². The van der Waals surface area contributed by atoms with Gasteiger partial charge in [-0.25, -0.2) is 0 Å². The Morgan fingerprint density at radius 2 is 1.87 bits per heavy atom. The molecule has 3 rings (SSSR count). The number of likely N-dealkylation sites (tertiary alicyclic amines) is 1. The molecule has 0 spiro atoms. The first-order valence-electron chi connectivity index (χ1n) is 8.16. The van der Waals surface area contributed by atoms with Crippen LogP contribution in [0.25, 0.3) is 5.57 Å². The highest BCUT2D eigenvalue weighted by atomic mass is 16.2. The zero-order chi connectivity index (χ0) is 16.1. The molecule has 1 saturated heterocycles. The second-order valence-corrected chi connectivity index (χ2v) is 6.15. The molecule has 0 saturated carbocycles. The molecule has 0 atom stereocenters. The molecule has 3 nitrogen and oxygen atoms in total. The summed E-state index contributed by atoms with van der Waals surface area (Å²) >= 11 is 0. The van der Waals surface area contributed by atoms with Gasteiger partial charge in [0, 0.05) is 36.6 Å². The summed E-state index contributed by atoms with van der Waals surface area (Å²) in [7, 11) is 0. The normalized spacial score (nSPS) is 15.4. The second-order valence-electron chi connectivity index (χ2n) is 6.15. The Labute approximate surface area is 137 Å². The fourth-order valence-corrected chi connectivity index (χ4v) is 3.14. The molecule has 0 bridgehead atoms. The predicted octanol–water partition coefficient (Wildman–Crippen LogP) is 3.58. The van der Waals surface area contributed by atoms with Crippen molar-refractivity contribution >= 4 is 11.5 Å². The van der Waals surface area contributed by atoms with Crippen LogP contribution in [0.5, 0.6) is 0 Å². The van der Waals surface area contributed by atoms with Crippen molar-refractivity contribution in [2.45, 2.75) is 19.3 Å². The van der Waals surface area contributed by atoms with E-state index in [2.05, 4.69) is 41.9 Å². The van der Waals surface area contributed by atoms with E-state index in [-0.39, 0.29) is 5.91 Å². The van der Waals surface area contributed by atoms with E-state index in [1.165, 1.54) is 5.56 Å². The molecule has 23 heavy (non-hydrogen) atoms. The maximum atomic E-state index is 12.6. The summed E-state index contributed by atoms with van der Waals surface area (Å²) in [5.74, 6) is 0.698. The highest BCUT2D eigenvalue weighted by Gasteiger charge is 2.24. The van der Waals surface area contributed by atoms with Crippen LogP contribution in [-0.2, 0) is 11.2 Å². The number of rotatable bonds is 4. The van der Waals surface area contributed by atoms with Gasteiger partial charge in [0.25, 0.3) is 5.91 Å². The smallest absolute Gasteiger partial charge is 0.253 e. The van der Waals surface area contributed by atoms with Gasteiger partial charge in [0.1, 0.15) is 0 Å². The monoisotopic (exact) mass is 306 g/mol. The number of benzene rings is 1. The molecule has 0 unspecified atom stereocenters. The standard InChI is InChI=1S/C20H22N2O/c1-16(19-8-5-11-21-15-19)20(23)22-12-9-18(10-13-22)14-17-6-3-2-4-7-17/h2-8,11,15,18H,1,9-10,12-14H2. The quantitative estimate of drug-likeness (QED) is 0.809. The van der Waals surface area contributed by atoms with Gasteiger partial charge in [-0.2, -0.15) is 0 Å². The molecule has 1 fully saturated rings. The number of hydrogen-bond acceptors (Lipinski definition) is 2. The molecule has 1 aromatic heterocycles. The number of amides is 1. The van der Waals surface area contributed by atoms with Gasteiger partial charge in [-0.15, -0.1) is 0 Å². The lowest BCUT2D eigenvalue weighted by molar-refractivity contribution is -0.126. The molecule has 2 aromatic rings. The summed E-state index contributed by atoms with van der Waals surface area (Å²) in [5.41, 5.74) is 2.74. The first-order valence-corrected chi connectivity index (χ1v) is 8.16. The van der Waals surface area contributed by atoms with E-state index in [0.717, 1.165) is 37.9 Å². The van der Waals surface area contributed by atoms with Crippen molar-refractivity contribution < 1.29 is 4.79 Å². The van der Waals surface area contributed by atoms with Gasteiger partial charge in [0.05, 0.1) is 0 Å². The molecule has 118 valence electrons. The van der Waals surface area contributed by atoms with Gasteiger partial charge in [0.15, 0.2) is 0 Å². The van der Waals surface area contributed by atoms with Gasteiger partial charge in [-0.1, -0.05) is 43.0 Å². The summed E-state index contributed by atoms with van der Waals surface area (Å²) in [6, 6.07) is 14.3. The summed E-state index contributed by atoms with van der Waals surface area (Å²) < 4.78 is 0. The summed E-state index contributed by atoms with van der Waals surface area (Å²) in [6.07, 6.45) is 6.62. The molecule has 1 aliphatic rings. The molecule has 1 aliphatic heterocycles. The Morgan fingerprint density at radius 3 is 2.52 bits per heavy atom. The fourth-order valence-electron chi connectivity index (χ4n) is 3.14. The average Bonchev–Trinajstić information content (AvgIpc) is 2.63. The maximum Gasteiger partial charge on any atom is 0.253 e. The number of hydrogen-bond donors (Lipinski definition) is 0. The van der Waals surface area contributed by atoms with E-state index in [1.54, 1.807) is 12.4 Å². The Morgan fingerprint density at radius 1 is 1.13 bits per heavy atom. The molecule has 0 N–H and O–H groups in total. The lowest BCUT2D eigenvalue weighted by Crippen LogP contribution is -2.39. The van der Waals surface area contributed by atoms with Crippen LogP contribution in [0.3, 0.4) is 0 Å². The maximum absolute atomic E-state index is 12.6. The third-order valence-corrected chi connectivity index (χ3v) is 4.54. The molecule has 1 aromatic carbocycles. The molecule has 3 heteroatoms. The van der Waals surface area contributed by atoms with E-state index in [9.17, 15) is 4.79 Å². The number of nitrogens with zero attached hydrogens (tertiary/aromatic N) is 2. The highest BCUT2D eigenvalue weighted by Crippen LogP contribution is 2.24. The molecular weight excluding hydrogens is 284 g/mol. The van der Waals surface area contributed by atoms with Crippen LogP contribution in [0.2, 0.25) is 0 Å². The molecular formula is C20H22N2O. The molecule has 2 heterocycles. The lowest BCUT2D eigenvalue weighted by Gasteiger charge is -2.32. The summed E-state index contributed by atoms with van der Waals surface area (Å²) in [6.45, 7) is 5.59. The van der Waals surface area contributed by atoms with E-state index in [0.29, 0.717) is 11.5 Å². The minimum atomic E-state index is 0.0381. The first-order chi connectivity index (χ1) is 11.2. The van der Waals surface area contributed by atoms with Gasteiger partial charge in [0.2, 0.25) is 0 Å². The summed E-state index contributed by atoms with van der Waals surface area (Å²) in [5, 5.41) is 0. The Kier molecular flexibility index (Phi) is 4.86. The van der Waals surface area contributed by atoms with Crippen molar-refractivity contribution in [3.63, 3.8) is 0 Å². The first kappa shape index (κ1) is 15.5. The van der Waals surface area contributed by atoms with Crippen LogP contribution in [0, 0.1) is 5.92 Å². The fraction of sp³-hybridized carbons (Fsp3) is 0.300.